The molecule has 0 saturated carbocycles. The summed E-state index contributed by atoms with van der Waals surface area (Å²) in [5.74, 6) is -0.899. The van der Waals surface area contributed by atoms with Crippen LogP contribution in [-0.2, 0) is 11.3 Å². The Bertz CT molecular complexity index is 523. The Morgan fingerprint density at radius 3 is 2.67 bits per heavy atom. The number of carbonyl (C=O) groups is 1. The number of hydrogen-bond donors (Lipinski definition) is 1. The number of likely N-dealkylation sites (tertiary alicyclic amines) is 1. The summed E-state index contributed by atoms with van der Waals surface area (Å²) in [6.45, 7) is 6.68. The summed E-state index contributed by atoms with van der Waals surface area (Å²) in [7, 11) is 0. The van der Waals surface area contributed by atoms with Gasteiger partial charge in [-0.3, -0.25) is 0 Å². The third-order valence-electron chi connectivity index (χ3n) is 3.12. The summed E-state index contributed by atoms with van der Waals surface area (Å²) in [4.78, 5) is 13.3. The molecule has 1 aliphatic rings. The van der Waals surface area contributed by atoms with Crippen molar-refractivity contribution in [2.24, 2.45) is 0 Å². The standard InChI is InChI=1S/C15H20F2N2O2/c1-15(2,3)21-14(20)19-8-12(9-19)18-7-10-6-11(16)4-5-13(10)17/h4-6,12,18H,7-9H2,1-3H3. The Morgan fingerprint density at radius 2 is 2.05 bits per heavy atom. The third kappa shape index (κ3) is 4.39. The topological polar surface area (TPSA) is 41.6 Å². The van der Waals surface area contributed by atoms with Gasteiger partial charge in [0.05, 0.1) is 0 Å². The van der Waals surface area contributed by atoms with Gasteiger partial charge in [0, 0.05) is 31.2 Å². The first-order valence-electron chi connectivity index (χ1n) is 6.90. The Hall–Kier alpha value is -1.69. The molecule has 1 amide bonds. The first-order valence-corrected chi connectivity index (χ1v) is 6.90. The van der Waals surface area contributed by atoms with E-state index in [0.717, 1.165) is 12.1 Å². The highest BCUT2D eigenvalue weighted by atomic mass is 19.1. The Morgan fingerprint density at radius 1 is 1.38 bits per heavy atom. The molecule has 0 bridgehead atoms. The van der Waals surface area contributed by atoms with Gasteiger partial charge in [-0.1, -0.05) is 0 Å². The summed E-state index contributed by atoms with van der Waals surface area (Å²) in [6.07, 6.45) is -0.350. The molecule has 1 fully saturated rings. The predicted octanol–water partition coefficient (Wildman–Crippen LogP) is 2.67. The second kappa shape index (κ2) is 5.97. The molecule has 1 saturated heterocycles. The van der Waals surface area contributed by atoms with Crippen LogP contribution in [0, 0.1) is 11.6 Å². The van der Waals surface area contributed by atoms with Crippen LogP contribution in [0.4, 0.5) is 13.6 Å². The van der Waals surface area contributed by atoms with E-state index in [0.29, 0.717) is 13.1 Å². The highest BCUT2D eigenvalue weighted by Gasteiger charge is 2.33. The Kier molecular flexibility index (Phi) is 4.46. The van der Waals surface area contributed by atoms with Gasteiger partial charge in [0.15, 0.2) is 0 Å². The van der Waals surface area contributed by atoms with Gasteiger partial charge in [-0.2, -0.15) is 0 Å². The molecule has 4 nitrogen and oxygen atoms in total. The van der Waals surface area contributed by atoms with Gasteiger partial charge in [-0.05, 0) is 39.0 Å². The largest absolute Gasteiger partial charge is 0.444 e. The summed E-state index contributed by atoms with van der Waals surface area (Å²) in [5.41, 5.74) is -0.231. The van der Waals surface area contributed by atoms with Crippen molar-refractivity contribution < 1.29 is 18.3 Å². The predicted molar refractivity (Wildman–Crippen MR) is 74.8 cm³/mol. The summed E-state index contributed by atoms with van der Waals surface area (Å²) >= 11 is 0. The highest BCUT2D eigenvalue weighted by molar-refractivity contribution is 5.69. The minimum absolute atomic E-state index is 0.0696. The molecule has 1 N–H and O–H groups in total. The van der Waals surface area contributed by atoms with Crippen LogP contribution in [-0.4, -0.2) is 35.7 Å². The summed E-state index contributed by atoms with van der Waals surface area (Å²) in [5, 5.41) is 3.10. The minimum Gasteiger partial charge on any atom is -0.444 e. The van der Waals surface area contributed by atoms with E-state index in [4.69, 9.17) is 4.74 Å². The first-order chi connectivity index (χ1) is 9.74. The molecule has 1 aromatic carbocycles. The maximum atomic E-state index is 13.4. The molecule has 116 valence electrons. The van der Waals surface area contributed by atoms with Crippen LogP contribution in [0.15, 0.2) is 18.2 Å². The lowest BCUT2D eigenvalue weighted by Crippen LogP contribution is -2.60. The quantitative estimate of drug-likeness (QED) is 0.933. The van der Waals surface area contributed by atoms with Crippen LogP contribution in [0.3, 0.4) is 0 Å². The van der Waals surface area contributed by atoms with Crippen LogP contribution < -0.4 is 5.32 Å². The number of amides is 1. The number of ether oxygens (including phenoxy) is 1. The number of nitrogens with zero attached hydrogens (tertiary/aromatic N) is 1. The average molecular weight is 298 g/mol. The van der Waals surface area contributed by atoms with Crippen LogP contribution in [0.25, 0.3) is 0 Å². The maximum absolute atomic E-state index is 13.4. The fourth-order valence-electron chi connectivity index (χ4n) is 2.02. The van der Waals surface area contributed by atoms with Crippen molar-refractivity contribution in [3.8, 4) is 0 Å². The van der Waals surface area contributed by atoms with E-state index in [2.05, 4.69) is 5.32 Å². The molecular weight excluding hydrogens is 278 g/mol. The van der Waals surface area contributed by atoms with E-state index in [9.17, 15) is 13.6 Å². The molecule has 0 atom stereocenters. The molecule has 0 spiro atoms. The van der Waals surface area contributed by atoms with E-state index < -0.39 is 17.2 Å². The van der Waals surface area contributed by atoms with Gasteiger partial charge in [0.25, 0.3) is 0 Å². The van der Waals surface area contributed by atoms with Crippen molar-refractivity contribution in [3.05, 3.63) is 35.4 Å². The maximum Gasteiger partial charge on any atom is 0.410 e. The van der Waals surface area contributed by atoms with E-state index in [1.807, 2.05) is 20.8 Å². The molecule has 1 aliphatic heterocycles. The number of rotatable bonds is 3. The molecular formula is C15H20F2N2O2. The Balaban J connectivity index is 1.76. The minimum atomic E-state index is -0.514. The van der Waals surface area contributed by atoms with Crippen molar-refractivity contribution >= 4 is 6.09 Å². The molecule has 0 aliphatic carbocycles. The van der Waals surface area contributed by atoms with Gasteiger partial charge >= 0.3 is 6.09 Å². The molecule has 6 heteroatoms. The number of benzene rings is 1. The SMILES string of the molecule is CC(C)(C)OC(=O)N1CC(NCc2cc(F)ccc2F)C1. The van der Waals surface area contributed by atoms with E-state index in [1.165, 1.54) is 6.07 Å². The van der Waals surface area contributed by atoms with Crippen LogP contribution in [0.2, 0.25) is 0 Å². The molecule has 1 aromatic rings. The molecule has 1 heterocycles. The van der Waals surface area contributed by atoms with E-state index in [1.54, 1.807) is 4.90 Å². The number of hydrogen-bond acceptors (Lipinski definition) is 3. The zero-order chi connectivity index (χ0) is 15.6. The smallest absolute Gasteiger partial charge is 0.410 e. The molecule has 0 radical (unpaired) electrons. The first kappa shape index (κ1) is 15.7. The fourth-order valence-corrected chi connectivity index (χ4v) is 2.02. The third-order valence-corrected chi connectivity index (χ3v) is 3.12. The molecule has 0 aromatic heterocycles. The molecule has 21 heavy (non-hydrogen) atoms. The number of nitrogens with one attached hydrogen (secondary N) is 1. The van der Waals surface area contributed by atoms with Gasteiger partial charge < -0.3 is 15.0 Å². The Labute approximate surface area is 123 Å². The van der Waals surface area contributed by atoms with Gasteiger partial charge in [-0.25, -0.2) is 13.6 Å². The van der Waals surface area contributed by atoms with Crippen LogP contribution in [0.1, 0.15) is 26.3 Å². The van der Waals surface area contributed by atoms with E-state index in [-0.39, 0.29) is 24.2 Å². The van der Waals surface area contributed by atoms with Crippen molar-refractivity contribution in [3.63, 3.8) is 0 Å². The van der Waals surface area contributed by atoms with Gasteiger partial charge in [0.2, 0.25) is 0 Å². The fraction of sp³-hybridized carbons (Fsp3) is 0.533. The average Bonchev–Trinajstić information content (AvgIpc) is 2.29. The zero-order valence-electron chi connectivity index (χ0n) is 12.5. The van der Waals surface area contributed by atoms with Crippen molar-refractivity contribution in [2.45, 2.75) is 39.0 Å². The van der Waals surface area contributed by atoms with Crippen LogP contribution in [0.5, 0.6) is 0 Å². The molecule has 2 rings (SSSR count). The second-order valence-corrected chi connectivity index (χ2v) is 6.20. The monoisotopic (exact) mass is 298 g/mol. The lowest BCUT2D eigenvalue weighted by Gasteiger charge is -2.40. The zero-order valence-corrected chi connectivity index (χ0v) is 12.5. The lowest BCUT2D eigenvalue weighted by molar-refractivity contribution is 0.00515. The summed E-state index contributed by atoms with van der Waals surface area (Å²) < 4.78 is 31.7. The van der Waals surface area contributed by atoms with E-state index >= 15 is 0 Å². The summed E-state index contributed by atoms with van der Waals surface area (Å²) in [6, 6.07) is 3.44. The van der Waals surface area contributed by atoms with Gasteiger partial charge in [-0.15, -0.1) is 0 Å². The van der Waals surface area contributed by atoms with Crippen molar-refractivity contribution in [1.82, 2.24) is 10.2 Å². The number of halogens is 2. The highest BCUT2D eigenvalue weighted by Crippen LogP contribution is 2.16. The van der Waals surface area contributed by atoms with Crippen molar-refractivity contribution in [2.75, 3.05) is 13.1 Å². The number of carbonyl (C=O) groups excluding carboxylic acids is 1. The van der Waals surface area contributed by atoms with Crippen LogP contribution >= 0.6 is 0 Å². The molecule has 0 unspecified atom stereocenters. The normalized spacial score (nSPS) is 15.8. The van der Waals surface area contributed by atoms with Crippen molar-refractivity contribution in [1.29, 1.82) is 0 Å². The second-order valence-electron chi connectivity index (χ2n) is 6.20. The lowest BCUT2D eigenvalue weighted by atomic mass is 10.1. The van der Waals surface area contributed by atoms with Gasteiger partial charge in [0.1, 0.15) is 17.2 Å².